The van der Waals surface area contributed by atoms with E-state index in [4.69, 9.17) is 0 Å². The molecular formula is C34H32Si. The SMILES string of the molecule is CC1=Cc2c(-c3ccccc3)cccc2C1C[SiH2]CC1C(C)=Cc2c(-c3ccccc3)cccc21. The second-order valence-corrected chi connectivity index (χ2v) is 12.0. The number of fused-ring (bicyclic) bond motifs is 2. The third kappa shape index (κ3) is 4.04. The van der Waals surface area contributed by atoms with Gasteiger partial charge in [0.2, 0.25) is 0 Å². The summed E-state index contributed by atoms with van der Waals surface area (Å²) in [6.07, 6.45) is 4.91. The number of hydrogen-bond acceptors (Lipinski definition) is 0. The van der Waals surface area contributed by atoms with Gasteiger partial charge >= 0.3 is 0 Å². The fraction of sp³-hybridized carbons (Fsp3) is 0.176. The maximum absolute atomic E-state index is 2.46. The number of rotatable bonds is 6. The van der Waals surface area contributed by atoms with Crippen molar-refractivity contribution in [1.82, 2.24) is 0 Å². The first-order valence-electron chi connectivity index (χ1n) is 12.9. The largest absolute Gasteiger partial charge is 0.0655 e. The summed E-state index contributed by atoms with van der Waals surface area (Å²) in [4.78, 5) is 0. The zero-order chi connectivity index (χ0) is 23.8. The van der Waals surface area contributed by atoms with E-state index in [1.807, 2.05) is 0 Å². The van der Waals surface area contributed by atoms with Gasteiger partial charge in [0.1, 0.15) is 0 Å². The van der Waals surface area contributed by atoms with E-state index in [1.54, 1.807) is 22.3 Å². The van der Waals surface area contributed by atoms with Crippen molar-refractivity contribution in [2.45, 2.75) is 37.8 Å². The van der Waals surface area contributed by atoms with E-state index in [0.29, 0.717) is 11.8 Å². The minimum absolute atomic E-state index is 0.222. The molecule has 4 aromatic rings. The summed E-state index contributed by atoms with van der Waals surface area (Å²) >= 11 is 0. The summed E-state index contributed by atoms with van der Waals surface area (Å²) in [5.41, 5.74) is 14.5. The summed E-state index contributed by atoms with van der Waals surface area (Å²) in [6.45, 7) is 4.69. The van der Waals surface area contributed by atoms with Crippen LogP contribution in [-0.4, -0.2) is 9.52 Å². The Morgan fingerprint density at radius 2 is 0.943 bits per heavy atom. The first kappa shape index (κ1) is 22.1. The van der Waals surface area contributed by atoms with E-state index >= 15 is 0 Å². The molecule has 2 atom stereocenters. The fourth-order valence-electron chi connectivity index (χ4n) is 6.27. The highest BCUT2D eigenvalue weighted by molar-refractivity contribution is 6.36. The molecule has 1 heteroatoms. The summed E-state index contributed by atoms with van der Waals surface area (Å²) in [5, 5.41) is 0. The van der Waals surface area contributed by atoms with Crippen LogP contribution in [0.25, 0.3) is 34.4 Å². The Balaban J connectivity index is 1.21. The Morgan fingerprint density at radius 1 is 0.514 bits per heavy atom. The molecule has 0 nitrogen and oxygen atoms in total. The van der Waals surface area contributed by atoms with Crippen molar-refractivity contribution in [3.63, 3.8) is 0 Å². The number of hydrogen-bond donors (Lipinski definition) is 0. The fourth-order valence-corrected chi connectivity index (χ4v) is 8.86. The molecule has 0 aliphatic heterocycles. The van der Waals surface area contributed by atoms with Gasteiger partial charge in [0.15, 0.2) is 0 Å². The van der Waals surface area contributed by atoms with E-state index in [9.17, 15) is 0 Å². The van der Waals surface area contributed by atoms with E-state index in [2.05, 4.69) is 123 Å². The van der Waals surface area contributed by atoms with Crippen LogP contribution in [0, 0.1) is 0 Å². The van der Waals surface area contributed by atoms with Gasteiger partial charge < -0.3 is 0 Å². The van der Waals surface area contributed by atoms with Crippen LogP contribution in [0.2, 0.25) is 12.1 Å². The molecule has 0 heterocycles. The number of allylic oxidation sites excluding steroid dienone is 2. The van der Waals surface area contributed by atoms with Gasteiger partial charge in [-0.15, -0.1) is 0 Å². The predicted molar refractivity (Wildman–Crippen MR) is 155 cm³/mol. The smallest absolute Gasteiger partial charge is 0.0218 e. The summed E-state index contributed by atoms with van der Waals surface area (Å²) < 4.78 is 0. The van der Waals surface area contributed by atoms with Crippen molar-refractivity contribution in [2.24, 2.45) is 0 Å². The van der Waals surface area contributed by atoms with Gasteiger partial charge in [0, 0.05) is 21.4 Å². The van der Waals surface area contributed by atoms with Crippen LogP contribution < -0.4 is 0 Å². The lowest BCUT2D eigenvalue weighted by Crippen LogP contribution is -2.06. The highest BCUT2D eigenvalue weighted by Crippen LogP contribution is 2.45. The topological polar surface area (TPSA) is 0 Å². The average Bonchev–Trinajstić information content (AvgIpc) is 3.40. The average molecular weight is 469 g/mol. The minimum Gasteiger partial charge on any atom is -0.0655 e. The molecular weight excluding hydrogens is 436 g/mol. The second-order valence-electron chi connectivity index (χ2n) is 10.2. The highest BCUT2D eigenvalue weighted by Gasteiger charge is 2.27. The molecule has 6 rings (SSSR count). The standard InChI is InChI=1S/C34H32Si/c1-23-19-31-27(25-11-5-3-6-12-25)15-9-17-29(31)33(23)21-35-22-34-24(2)20-32-28(16-10-18-30(32)34)26-13-7-4-8-14-26/h3-20,33-34H,21-22,35H2,1-2H3. The lowest BCUT2D eigenvalue weighted by atomic mass is 9.93. The van der Waals surface area contributed by atoms with Crippen molar-refractivity contribution in [3.05, 3.63) is 130 Å². The van der Waals surface area contributed by atoms with Crippen molar-refractivity contribution in [2.75, 3.05) is 0 Å². The molecule has 2 unspecified atom stereocenters. The van der Waals surface area contributed by atoms with E-state index in [-0.39, 0.29) is 9.52 Å². The second kappa shape index (κ2) is 9.32. The summed E-state index contributed by atoms with van der Waals surface area (Å²) in [7, 11) is -0.222. The molecule has 0 N–H and O–H groups in total. The van der Waals surface area contributed by atoms with E-state index in [0.717, 1.165) is 0 Å². The lowest BCUT2D eigenvalue weighted by Gasteiger charge is -2.19. The molecule has 4 aromatic carbocycles. The zero-order valence-electron chi connectivity index (χ0n) is 20.7. The van der Waals surface area contributed by atoms with Gasteiger partial charge in [-0.3, -0.25) is 0 Å². The first-order valence-corrected chi connectivity index (χ1v) is 14.9. The van der Waals surface area contributed by atoms with Gasteiger partial charge in [-0.1, -0.05) is 132 Å². The van der Waals surface area contributed by atoms with Crippen molar-refractivity contribution >= 4 is 21.7 Å². The van der Waals surface area contributed by atoms with Crippen LogP contribution in [0.1, 0.15) is 47.9 Å². The summed E-state index contributed by atoms with van der Waals surface area (Å²) in [5.74, 6) is 1.20. The Labute approximate surface area is 211 Å². The van der Waals surface area contributed by atoms with Crippen LogP contribution in [0.3, 0.4) is 0 Å². The van der Waals surface area contributed by atoms with Gasteiger partial charge in [-0.05, 0) is 58.4 Å². The van der Waals surface area contributed by atoms with Crippen molar-refractivity contribution in [3.8, 4) is 22.3 Å². The van der Waals surface area contributed by atoms with Crippen LogP contribution >= 0.6 is 0 Å². The molecule has 0 saturated heterocycles. The Morgan fingerprint density at radius 3 is 1.37 bits per heavy atom. The molecule has 0 bridgehead atoms. The lowest BCUT2D eigenvalue weighted by molar-refractivity contribution is 0.876. The Kier molecular flexibility index (Phi) is 5.88. The molecule has 2 aliphatic carbocycles. The van der Waals surface area contributed by atoms with E-state index in [1.165, 1.54) is 45.5 Å². The maximum atomic E-state index is 2.46. The Hall–Kier alpha value is -3.42. The van der Waals surface area contributed by atoms with Gasteiger partial charge in [-0.25, -0.2) is 0 Å². The molecule has 2 aliphatic rings. The molecule has 0 radical (unpaired) electrons. The van der Waals surface area contributed by atoms with Crippen LogP contribution in [-0.2, 0) is 0 Å². The normalized spacial score (nSPS) is 18.5. The minimum atomic E-state index is -0.222. The Bertz CT molecular complexity index is 1320. The van der Waals surface area contributed by atoms with Crippen LogP contribution in [0.15, 0.2) is 108 Å². The van der Waals surface area contributed by atoms with Crippen molar-refractivity contribution in [1.29, 1.82) is 0 Å². The third-order valence-corrected chi connectivity index (χ3v) is 10.0. The molecule has 35 heavy (non-hydrogen) atoms. The molecule has 0 aromatic heterocycles. The molecule has 0 saturated carbocycles. The van der Waals surface area contributed by atoms with E-state index < -0.39 is 0 Å². The zero-order valence-corrected chi connectivity index (χ0v) is 22.1. The van der Waals surface area contributed by atoms with Gasteiger partial charge in [-0.2, -0.15) is 0 Å². The quantitative estimate of drug-likeness (QED) is 0.248. The molecule has 0 fully saturated rings. The van der Waals surface area contributed by atoms with Crippen LogP contribution in [0.5, 0.6) is 0 Å². The molecule has 0 amide bonds. The third-order valence-electron chi connectivity index (χ3n) is 8.03. The molecule has 0 spiro atoms. The predicted octanol–water partition coefficient (Wildman–Crippen LogP) is 8.73. The van der Waals surface area contributed by atoms with Crippen molar-refractivity contribution < 1.29 is 0 Å². The summed E-state index contributed by atoms with van der Waals surface area (Å²) in [6, 6.07) is 38.2. The van der Waals surface area contributed by atoms with Crippen LogP contribution in [0.4, 0.5) is 0 Å². The monoisotopic (exact) mass is 468 g/mol. The highest BCUT2D eigenvalue weighted by atomic mass is 28.2. The van der Waals surface area contributed by atoms with Gasteiger partial charge in [0.25, 0.3) is 0 Å². The van der Waals surface area contributed by atoms with Gasteiger partial charge in [0.05, 0.1) is 0 Å². The first-order chi connectivity index (χ1) is 17.2. The number of benzene rings is 4. The maximum Gasteiger partial charge on any atom is 0.0218 e. The molecule has 172 valence electrons.